The predicted octanol–water partition coefficient (Wildman–Crippen LogP) is 3.31. The van der Waals surface area contributed by atoms with E-state index in [9.17, 15) is 4.79 Å². The first-order chi connectivity index (χ1) is 12.7. The van der Waals surface area contributed by atoms with E-state index in [1.54, 1.807) is 0 Å². The summed E-state index contributed by atoms with van der Waals surface area (Å²) >= 11 is 6.31. The van der Waals surface area contributed by atoms with Gasteiger partial charge in [-0.25, -0.2) is 0 Å². The summed E-state index contributed by atoms with van der Waals surface area (Å²) in [6.45, 7) is 2.79. The molecule has 2 saturated heterocycles. The molecule has 5 nitrogen and oxygen atoms in total. The normalized spacial score (nSPS) is 23.3. The molecule has 0 aliphatic carbocycles. The Hall–Kier alpha value is -1.85. The Morgan fingerprint density at radius 1 is 1.23 bits per heavy atom. The SMILES string of the molecule is O=C(c1ccn(C2CCCNC2)n1)N1CCCC1Cc1ccccc1Cl. The fourth-order valence-electron chi connectivity index (χ4n) is 4.09. The van der Waals surface area contributed by atoms with Gasteiger partial charge in [-0.2, -0.15) is 5.10 Å². The number of hydrogen-bond donors (Lipinski definition) is 1. The number of aromatic nitrogens is 2. The van der Waals surface area contributed by atoms with Crippen molar-refractivity contribution >= 4 is 17.5 Å². The first-order valence-electron chi connectivity index (χ1n) is 9.52. The van der Waals surface area contributed by atoms with E-state index in [0.717, 1.165) is 62.3 Å². The third-order valence-electron chi connectivity index (χ3n) is 5.52. The zero-order chi connectivity index (χ0) is 17.9. The molecule has 0 saturated carbocycles. The average Bonchev–Trinajstić information content (AvgIpc) is 3.33. The third-order valence-corrected chi connectivity index (χ3v) is 5.89. The topological polar surface area (TPSA) is 50.2 Å². The summed E-state index contributed by atoms with van der Waals surface area (Å²) in [5.41, 5.74) is 1.67. The second kappa shape index (κ2) is 7.80. The van der Waals surface area contributed by atoms with Crippen molar-refractivity contribution in [1.82, 2.24) is 20.0 Å². The number of amides is 1. The maximum absolute atomic E-state index is 13.0. The van der Waals surface area contributed by atoms with Crippen molar-refractivity contribution in [3.8, 4) is 0 Å². The van der Waals surface area contributed by atoms with E-state index in [-0.39, 0.29) is 11.9 Å². The van der Waals surface area contributed by atoms with Crippen molar-refractivity contribution in [3.63, 3.8) is 0 Å². The van der Waals surface area contributed by atoms with Gasteiger partial charge in [-0.1, -0.05) is 29.8 Å². The summed E-state index contributed by atoms with van der Waals surface area (Å²) in [6, 6.07) is 10.3. The number of piperidine rings is 1. The summed E-state index contributed by atoms with van der Waals surface area (Å²) in [4.78, 5) is 15.0. The Kier molecular flexibility index (Phi) is 5.27. The highest BCUT2D eigenvalue weighted by Crippen LogP contribution is 2.26. The molecule has 2 atom stereocenters. The Morgan fingerprint density at radius 2 is 2.12 bits per heavy atom. The highest BCUT2D eigenvalue weighted by atomic mass is 35.5. The lowest BCUT2D eigenvalue weighted by molar-refractivity contribution is 0.0729. The van der Waals surface area contributed by atoms with Gasteiger partial charge in [0.1, 0.15) is 5.69 Å². The molecule has 0 bridgehead atoms. The van der Waals surface area contributed by atoms with Gasteiger partial charge in [-0.05, 0) is 56.3 Å². The van der Waals surface area contributed by atoms with Gasteiger partial charge in [0, 0.05) is 30.4 Å². The third kappa shape index (κ3) is 3.64. The molecule has 26 heavy (non-hydrogen) atoms. The number of nitrogens with one attached hydrogen (secondary N) is 1. The van der Waals surface area contributed by atoms with E-state index in [1.807, 2.05) is 46.1 Å². The van der Waals surface area contributed by atoms with Crippen molar-refractivity contribution in [2.75, 3.05) is 19.6 Å². The molecule has 0 spiro atoms. The Bertz CT molecular complexity index is 769. The van der Waals surface area contributed by atoms with Crippen molar-refractivity contribution < 1.29 is 4.79 Å². The number of carbonyl (C=O) groups is 1. The lowest BCUT2D eigenvalue weighted by Gasteiger charge is -2.25. The molecule has 4 rings (SSSR count). The van der Waals surface area contributed by atoms with Crippen LogP contribution < -0.4 is 5.32 Å². The van der Waals surface area contributed by atoms with E-state index in [4.69, 9.17) is 11.6 Å². The molecule has 3 heterocycles. The standard InChI is InChI=1S/C20H25ClN4O/c21-18-8-2-1-5-15(18)13-16-7-4-11-24(16)20(26)19-9-12-25(23-19)17-6-3-10-22-14-17/h1-2,5,8-9,12,16-17,22H,3-4,6-7,10-11,13-14H2. The monoisotopic (exact) mass is 372 g/mol. The molecule has 1 aromatic carbocycles. The van der Waals surface area contributed by atoms with Crippen LogP contribution >= 0.6 is 11.6 Å². The van der Waals surface area contributed by atoms with Crippen LogP contribution in [0.3, 0.4) is 0 Å². The average molecular weight is 373 g/mol. The summed E-state index contributed by atoms with van der Waals surface area (Å²) in [5.74, 6) is 0.0436. The number of halogens is 1. The van der Waals surface area contributed by atoms with E-state index in [0.29, 0.717) is 11.7 Å². The van der Waals surface area contributed by atoms with Gasteiger partial charge in [-0.15, -0.1) is 0 Å². The fourth-order valence-corrected chi connectivity index (χ4v) is 4.31. The lowest BCUT2D eigenvalue weighted by Crippen LogP contribution is -2.37. The van der Waals surface area contributed by atoms with E-state index < -0.39 is 0 Å². The Morgan fingerprint density at radius 3 is 2.92 bits per heavy atom. The van der Waals surface area contributed by atoms with Crippen LogP contribution in [0.5, 0.6) is 0 Å². The molecule has 138 valence electrons. The van der Waals surface area contributed by atoms with Crippen molar-refractivity contribution in [3.05, 3.63) is 52.8 Å². The molecular weight excluding hydrogens is 348 g/mol. The van der Waals surface area contributed by atoms with Crippen LogP contribution in [0, 0.1) is 0 Å². The van der Waals surface area contributed by atoms with Crippen molar-refractivity contribution in [1.29, 1.82) is 0 Å². The summed E-state index contributed by atoms with van der Waals surface area (Å²) in [5, 5.41) is 8.77. The van der Waals surface area contributed by atoms with Crippen LogP contribution in [0.2, 0.25) is 5.02 Å². The van der Waals surface area contributed by atoms with Crippen molar-refractivity contribution in [2.45, 2.75) is 44.2 Å². The van der Waals surface area contributed by atoms with Gasteiger partial charge in [0.05, 0.1) is 6.04 Å². The zero-order valence-corrected chi connectivity index (χ0v) is 15.7. The number of benzene rings is 1. The molecule has 2 unspecified atom stereocenters. The van der Waals surface area contributed by atoms with Crippen molar-refractivity contribution in [2.24, 2.45) is 0 Å². The summed E-state index contributed by atoms with van der Waals surface area (Å²) < 4.78 is 1.96. The molecule has 2 aliphatic rings. The molecule has 1 amide bonds. The van der Waals surface area contributed by atoms with Gasteiger partial charge in [0.25, 0.3) is 5.91 Å². The highest BCUT2D eigenvalue weighted by molar-refractivity contribution is 6.31. The minimum atomic E-state index is 0.0436. The van der Waals surface area contributed by atoms with Crippen LogP contribution in [-0.4, -0.2) is 46.3 Å². The smallest absolute Gasteiger partial charge is 0.274 e. The van der Waals surface area contributed by atoms with E-state index in [2.05, 4.69) is 10.4 Å². The molecule has 1 aromatic heterocycles. The molecule has 2 fully saturated rings. The minimum absolute atomic E-state index is 0.0436. The van der Waals surface area contributed by atoms with Gasteiger partial charge in [-0.3, -0.25) is 9.48 Å². The largest absolute Gasteiger partial charge is 0.334 e. The highest BCUT2D eigenvalue weighted by Gasteiger charge is 2.31. The number of carbonyl (C=O) groups excluding carboxylic acids is 1. The molecule has 2 aliphatic heterocycles. The Balaban J connectivity index is 1.46. The van der Waals surface area contributed by atoms with E-state index in [1.165, 1.54) is 0 Å². The zero-order valence-electron chi connectivity index (χ0n) is 14.9. The molecule has 6 heteroatoms. The second-order valence-electron chi connectivity index (χ2n) is 7.27. The first kappa shape index (κ1) is 17.6. The number of likely N-dealkylation sites (tertiary alicyclic amines) is 1. The van der Waals surface area contributed by atoms with Gasteiger partial charge < -0.3 is 10.2 Å². The quantitative estimate of drug-likeness (QED) is 0.895. The number of hydrogen-bond acceptors (Lipinski definition) is 3. The predicted molar refractivity (Wildman–Crippen MR) is 103 cm³/mol. The Labute approximate surface area is 159 Å². The van der Waals surface area contributed by atoms with Gasteiger partial charge >= 0.3 is 0 Å². The molecule has 1 N–H and O–H groups in total. The number of nitrogens with zero attached hydrogens (tertiary/aromatic N) is 3. The molecule has 0 radical (unpaired) electrons. The fraction of sp³-hybridized carbons (Fsp3) is 0.500. The minimum Gasteiger partial charge on any atom is -0.334 e. The summed E-state index contributed by atoms with van der Waals surface area (Å²) in [6.07, 6.45) is 7.07. The van der Waals surface area contributed by atoms with Gasteiger partial charge in [0.15, 0.2) is 0 Å². The van der Waals surface area contributed by atoms with Crippen LogP contribution in [0.25, 0.3) is 0 Å². The summed E-state index contributed by atoms with van der Waals surface area (Å²) in [7, 11) is 0. The second-order valence-corrected chi connectivity index (χ2v) is 7.68. The van der Waals surface area contributed by atoms with Crippen LogP contribution in [0.4, 0.5) is 0 Å². The molecule has 2 aromatic rings. The van der Waals surface area contributed by atoms with Crippen LogP contribution in [-0.2, 0) is 6.42 Å². The van der Waals surface area contributed by atoms with Crippen LogP contribution in [0.15, 0.2) is 36.5 Å². The number of rotatable bonds is 4. The maximum atomic E-state index is 13.0. The van der Waals surface area contributed by atoms with Gasteiger partial charge in [0.2, 0.25) is 0 Å². The lowest BCUT2D eigenvalue weighted by atomic mass is 10.0. The molecular formula is C20H25ClN4O. The maximum Gasteiger partial charge on any atom is 0.274 e. The first-order valence-corrected chi connectivity index (χ1v) is 9.90. The van der Waals surface area contributed by atoms with E-state index >= 15 is 0 Å². The van der Waals surface area contributed by atoms with Crippen LogP contribution in [0.1, 0.15) is 47.8 Å².